The van der Waals surface area contributed by atoms with Crippen LogP contribution in [0.1, 0.15) is 42.7 Å². The summed E-state index contributed by atoms with van der Waals surface area (Å²) in [7, 11) is -3.79. The van der Waals surface area contributed by atoms with Gasteiger partial charge in [0.1, 0.15) is 0 Å². The lowest BCUT2D eigenvalue weighted by atomic mass is 9.82. The van der Waals surface area contributed by atoms with Gasteiger partial charge < -0.3 is 10.6 Å². The number of benzene rings is 2. The van der Waals surface area contributed by atoms with E-state index in [4.69, 9.17) is 0 Å². The Hall–Kier alpha value is -2.71. The van der Waals surface area contributed by atoms with Gasteiger partial charge in [-0.05, 0) is 35.2 Å². The second kappa shape index (κ2) is 8.57. The first kappa shape index (κ1) is 22.0. The van der Waals surface area contributed by atoms with Crippen molar-refractivity contribution in [3.63, 3.8) is 0 Å². The van der Waals surface area contributed by atoms with Crippen LogP contribution in [0.15, 0.2) is 59.5 Å². The summed E-state index contributed by atoms with van der Waals surface area (Å²) in [4.78, 5) is 24.4. The molecule has 1 heterocycles. The molecule has 2 amide bonds. The molecule has 2 aromatic rings. The van der Waals surface area contributed by atoms with Gasteiger partial charge in [-0.3, -0.25) is 9.59 Å². The molecule has 30 heavy (non-hydrogen) atoms. The maximum atomic E-state index is 12.9. The molecule has 1 aliphatic heterocycles. The van der Waals surface area contributed by atoms with Crippen LogP contribution in [0.25, 0.3) is 0 Å². The van der Waals surface area contributed by atoms with Crippen molar-refractivity contribution >= 4 is 21.8 Å². The number of piperazine rings is 1. The predicted octanol–water partition coefficient (Wildman–Crippen LogP) is 2.32. The number of hydrogen-bond acceptors (Lipinski definition) is 4. The Balaban J connectivity index is 1.78. The summed E-state index contributed by atoms with van der Waals surface area (Å²) in [5, 5.41) is 5.67. The van der Waals surface area contributed by atoms with Gasteiger partial charge >= 0.3 is 0 Å². The largest absolute Gasteiger partial charge is 0.354 e. The molecule has 0 bridgehead atoms. The van der Waals surface area contributed by atoms with Gasteiger partial charge in [-0.2, -0.15) is 4.31 Å². The molecule has 0 saturated carbocycles. The topological polar surface area (TPSA) is 95.6 Å². The monoisotopic (exact) mass is 429 g/mol. The second-order valence-corrected chi connectivity index (χ2v) is 10.3. The van der Waals surface area contributed by atoms with Crippen molar-refractivity contribution in [3.05, 3.63) is 65.7 Å². The summed E-state index contributed by atoms with van der Waals surface area (Å²) >= 11 is 0. The molecule has 0 aromatic heterocycles. The van der Waals surface area contributed by atoms with Gasteiger partial charge in [-0.15, -0.1) is 0 Å². The van der Waals surface area contributed by atoms with E-state index in [9.17, 15) is 18.0 Å². The van der Waals surface area contributed by atoms with Crippen molar-refractivity contribution < 1.29 is 18.0 Å². The van der Waals surface area contributed by atoms with E-state index in [0.29, 0.717) is 5.56 Å². The molecule has 2 aromatic carbocycles. The Morgan fingerprint density at radius 3 is 2.27 bits per heavy atom. The van der Waals surface area contributed by atoms with E-state index in [1.807, 2.05) is 30.3 Å². The van der Waals surface area contributed by atoms with Crippen LogP contribution >= 0.6 is 0 Å². The van der Waals surface area contributed by atoms with E-state index in [0.717, 1.165) is 9.87 Å². The maximum absolute atomic E-state index is 12.9. The zero-order chi connectivity index (χ0) is 21.9. The van der Waals surface area contributed by atoms with Gasteiger partial charge in [0.15, 0.2) is 0 Å². The fraction of sp³-hybridized carbons (Fsp3) is 0.364. The van der Waals surface area contributed by atoms with Crippen LogP contribution in [0.3, 0.4) is 0 Å². The number of carbonyl (C=O) groups excluding carboxylic acids is 2. The highest BCUT2D eigenvalue weighted by Crippen LogP contribution is 2.33. The van der Waals surface area contributed by atoms with E-state index in [1.165, 1.54) is 24.3 Å². The highest BCUT2D eigenvalue weighted by molar-refractivity contribution is 7.89. The van der Waals surface area contributed by atoms with Gasteiger partial charge in [0.05, 0.1) is 17.5 Å². The summed E-state index contributed by atoms with van der Waals surface area (Å²) in [6.07, 6.45) is 0. The number of carbonyl (C=O) groups is 2. The molecule has 7 nitrogen and oxygen atoms in total. The van der Waals surface area contributed by atoms with E-state index < -0.39 is 10.0 Å². The predicted molar refractivity (Wildman–Crippen MR) is 114 cm³/mol. The highest BCUT2D eigenvalue weighted by Gasteiger charge is 2.30. The van der Waals surface area contributed by atoms with Crippen LogP contribution in [0.4, 0.5) is 0 Å². The maximum Gasteiger partial charge on any atom is 0.251 e. The van der Waals surface area contributed by atoms with Crippen molar-refractivity contribution in [3.8, 4) is 0 Å². The summed E-state index contributed by atoms with van der Waals surface area (Å²) < 4.78 is 26.7. The molecule has 1 saturated heterocycles. The Morgan fingerprint density at radius 1 is 1.07 bits per heavy atom. The minimum absolute atomic E-state index is 0.0594. The van der Waals surface area contributed by atoms with Crippen molar-refractivity contribution in [2.75, 3.05) is 19.6 Å². The molecule has 1 fully saturated rings. The quantitative estimate of drug-likeness (QED) is 0.763. The van der Waals surface area contributed by atoms with Crippen molar-refractivity contribution in [2.24, 2.45) is 5.41 Å². The normalized spacial score (nSPS) is 16.6. The Kier molecular flexibility index (Phi) is 6.28. The number of nitrogens with zero attached hydrogens (tertiary/aromatic N) is 1. The third-order valence-corrected chi connectivity index (χ3v) is 6.89. The third-order valence-electron chi connectivity index (χ3n) is 5.03. The first-order valence-electron chi connectivity index (χ1n) is 9.82. The van der Waals surface area contributed by atoms with Crippen molar-refractivity contribution in [1.29, 1.82) is 0 Å². The van der Waals surface area contributed by atoms with E-state index in [-0.39, 0.29) is 47.8 Å². The second-order valence-electron chi connectivity index (χ2n) is 8.40. The molecule has 1 aliphatic rings. The standard InChI is InChI=1S/C22H27N3O4S/c1-22(2,3)20(16-7-5-4-6-8-16)24-21(27)17-9-11-18(12-10-17)30(28,29)25-14-13-23-19(26)15-25/h4-12,20H,13-15H2,1-3H3,(H,23,26)(H,24,27). The molecule has 1 unspecified atom stereocenters. The lowest BCUT2D eigenvalue weighted by Gasteiger charge is -2.32. The highest BCUT2D eigenvalue weighted by atomic mass is 32.2. The Morgan fingerprint density at radius 2 is 1.70 bits per heavy atom. The lowest BCUT2D eigenvalue weighted by Crippen LogP contribution is -2.49. The zero-order valence-corrected chi connectivity index (χ0v) is 18.2. The molecule has 0 spiro atoms. The summed E-state index contributed by atoms with van der Waals surface area (Å²) in [5.41, 5.74) is 1.16. The molecular weight excluding hydrogens is 402 g/mol. The summed E-state index contributed by atoms with van der Waals surface area (Å²) in [6.45, 7) is 6.46. The number of rotatable bonds is 5. The van der Waals surface area contributed by atoms with Crippen LogP contribution in [-0.4, -0.2) is 44.2 Å². The average molecular weight is 430 g/mol. The van der Waals surface area contributed by atoms with Crippen LogP contribution in [-0.2, 0) is 14.8 Å². The molecular formula is C22H27N3O4S. The molecule has 2 N–H and O–H groups in total. The van der Waals surface area contributed by atoms with Gasteiger partial charge in [0, 0.05) is 18.7 Å². The lowest BCUT2D eigenvalue weighted by molar-refractivity contribution is -0.122. The SMILES string of the molecule is CC(C)(C)C(NC(=O)c1ccc(S(=O)(=O)N2CCNC(=O)C2)cc1)c1ccccc1. The number of hydrogen-bond donors (Lipinski definition) is 2. The van der Waals surface area contributed by atoms with Crippen LogP contribution in [0.2, 0.25) is 0 Å². The van der Waals surface area contributed by atoms with Crippen LogP contribution < -0.4 is 10.6 Å². The van der Waals surface area contributed by atoms with Gasteiger partial charge in [0.2, 0.25) is 15.9 Å². The minimum Gasteiger partial charge on any atom is -0.354 e. The average Bonchev–Trinajstić information content (AvgIpc) is 2.71. The Bertz CT molecular complexity index is 1010. The molecule has 0 aliphatic carbocycles. The fourth-order valence-corrected chi connectivity index (χ4v) is 4.80. The third kappa shape index (κ3) is 4.88. The molecule has 3 rings (SSSR count). The van der Waals surface area contributed by atoms with Crippen LogP contribution in [0, 0.1) is 5.41 Å². The van der Waals surface area contributed by atoms with Crippen molar-refractivity contribution in [1.82, 2.24) is 14.9 Å². The van der Waals surface area contributed by atoms with Gasteiger partial charge in [0.25, 0.3) is 5.91 Å². The number of sulfonamides is 1. The fourth-order valence-electron chi connectivity index (χ4n) is 3.41. The minimum atomic E-state index is -3.79. The van der Waals surface area contributed by atoms with E-state index in [1.54, 1.807) is 0 Å². The smallest absolute Gasteiger partial charge is 0.251 e. The molecule has 0 radical (unpaired) electrons. The molecule has 8 heteroatoms. The van der Waals surface area contributed by atoms with E-state index in [2.05, 4.69) is 31.4 Å². The van der Waals surface area contributed by atoms with Crippen molar-refractivity contribution in [2.45, 2.75) is 31.7 Å². The first-order chi connectivity index (χ1) is 14.1. The van der Waals surface area contributed by atoms with E-state index >= 15 is 0 Å². The zero-order valence-electron chi connectivity index (χ0n) is 17.4. The van der Waals surface area contributed by atoms with Gasteiger partial charge in [-0.25, -0.2) is 8.42 Å². The number of amides is 2. The summed E-state index contributed by atoms with van der Waals surface area (Å²) in [5.74, 6) is -0.602. The molecule has 160 valence electrons. The van der Waals surface area contributed by atoms with Crippen LogP contribution in [0.5, 0.6) is 0 Å². The van der Waals surface area contributed by atoms with Gasteiger partial charge in [-0.1, -0.05) is 51.1 Å². The number of nitrogens with one attached hydrogen (secondary N) is 2. The Labute approximate surface area is 177 Å². The summed E-state index contributed by atoms with van der Waals surface area (Å²) in [6, 6.07) is 15.3. The molecule has 1 atom stereocenters. The first-order valence-corrected chi connectivity index (χ1v) is 11.3.